The minimum atomic E-state index is 0.107. The fourth-order valence-corrected chi connectivity index (χ4v) is 2.18. The fourth-order valence-electron chi connectivity index (χ4n) is 2.18. The molecule has 0 saturated carbocycles. The van der Waals surface area contributed by atoms with Gasteiger partial charge in [0, 0.05) is 38.2 Å². The topological polar surface area (TPSA) is 35.9 Å². The summed E-state index contributed by atoms with van der Waals surface area (Å²) >= 11 is 0. The quantitative estimate of drug-likeness (QED) is 0.607. The maximum absolute atomic E-state index is 11.7. The van der Waals surface area contributed by atoms with E-state index in [9.17, 15) is 4.79 Å². The summed E-state index contributed by atoms with van der Waals surface area (Å²) < 4.78 is 0. The summed E-state index contributed by atoms with van der Waals surface area (Å²) in [5, 5.41) is 6.20. The zero-order valence-electron chi connectivity index (χ0n) is 8.97. The molecule has 2 aliphatic heterocycles. The van der Waals surface area contributed by atoms with Crippen molar-refractivity contribution >= 4 is 12.1 Å². The van der Waals surface area contributed by atoms with E-state index >= 15 is 0 Å². The molecule has 1 amide bonds. The lowest BCUT2D eigenvalue weighted by atomic mass is 10.1. The van der Waals surface area contributed by atoms with Crippen LogP contribution in [0.3, 0.4) is 0 Å². The highest BCUT2D eigenvalue weighted by Crippen LogP contribution is 2.25. The molecule has 0 N–H and O–H groups in total. The van der Waals surface area contributed by atoms with Gasteiger partial charge in [0.25, 0.3) is 0 Å². The molecule has 0 aromatic rings. The molecule has 78 valence electrons. The molecule has 14 heavy (non-hydrogen) atoms. The Morgan fingerprint density at radius 2 is 2.21 bits per heavy atom. The van der Waals surface area contributed by atoms with Crippen LogP contribution >= 0.6 is 0 Å². The number of hydrazone groups is 1. The Morgan fingerprint density at radius 3 is 2.79 bits per heavy atom. The third-order valence-corrected chi connectivity index (χ3v) is 3.06. The highest BCUT2D eigenvalue weighted by atomic mass is 16.2. The number of likely N-dealkylation sites (N-methyl/N-ethyl adjacent to an activating group) is 1. The van der Waals surface area contributed by atoms with Crippen LogP contribution in [0.15, 0.2) is 5.10 Å². The van der Waals surface area contributed by atoms with E-state index in [1.807, 2.05) is 37.0 Å². The first-order valence-electron chi connectivity index (χ1n) is 5.15. The van der Waals surface area contributed by atoms with E-state index in [0.717, 1.165) is 13.1 Å². The van der Waals surface area contributed by atoms with Crippen molar-refractivity contribution in [2.45, 2.75) is 19.9 Å². The Labute approximate surface area is 84.6 Å². The molecule has 0 spiro atoms. The third kappa shape index (κ3) is 1.38. The third-order valence-electron chi connectivity index (χ3n) is 3.06. The molecule has 2 aliphatic rings. The molecule has 1 saturated heterocycles. The van der Waals surface area contributed by atoms with Crippen molar-refractivity contribution in [2.24, 2.45) is 16.9 Å². The first-order chi connectivity index (χ1) is 6.59. The van der Waals surface area contributed by atoms with Gasteiger partial charge in [-0.3, -0.25) is 9.80 Å². The van der Waals surface area contributed by atoms with E-state index in [1.54, 1.807) is 0 Å². The summed E-state index contributed by atoms with van der Waals surface area (Å²) in [6.07, 6.45) is 1.97. The first-order valence-corrected chi connectivity index (χ1v) is 5.15. The van der Waals surface area contributed by atoms with Gasteiger partial charge < -0.3 is 4.90 Å². The molecule has 0 aromatic carbocycles. The van der Waals surface area contributed by atoms with E-state index in [0.29, 0.717) is 12.0 Å². The normalized spacial score (nSPS) is 30.3. The molecule has 1 fully saturated rings. The summed E-state index contributed by atoms with van der Waals surface area (Å²) in [4.78, 5) is 13.7. The second-order valence-electron chi connectivity index (χ2n) is 4.47. The number of fused-ring (bicyclic) bond motifs is 1. The zero-order valence-corrected chi connectivity index (χ0v) is 8.97. The molecule has 2 atom stereocenters. The minimum absolute atomic E-state index is 0.107. The van der Waals surface area contributed by atoms with Crippen molar-refractivity contribution in [1.82, 2.24) is 9.91 Å². The highest BCUT2D eigenvalue weighted by molar-refractivity contribution is 5.79. The van der Waals surface area contributed by atoms with E-state index in [-0.39, 0.29) is 11.8 Å². The smallest absolute Gasteiger partial charge is 0.225 e. The van der Waals surface area contributed by atoms with Crippen molar-refractivity contribution in [2.75, 3.05) is 20.1 Å². The van der Waals surface area contributed by atoms with Gasteiger partial charge in [0.15, 0.2) is 0 Å². The molecule has 2 unspecified atom stereocenters. The van der Waals surface area contributed by atoms with Crippen LogP contribution in [-0.2, 0) is 4.79 Å². The van der Waals surface area contributed by atoms with Gasteiger partial charge in [0.1, 0.15) is 0 Å². The largest absolute Gasteiger partial charge is 0.340 e. The van der Waals surface area contributed by atoms with Crippen LogP contribution in [0.4, 0.5) is 0 Å². The number of hydrogen-bond donors (Lipinski definition) is 0. The van der Waals surface area contributed by atoms with Crippen molar-refractivity contribution in [3.63, 3.8) is 0 Å². The van der Waals surface area contributed by atoms with E-state index < -0.39 is 0 Å². The van der Waals surface area contributed by atoms with Gasteiger partial charge in [-0.2, -0.15) is 5.10 Å². The number of likely N-dealkylation sites (tertiary alicyclic amines) is 1. The van der Waals surface area contributed by atoms with E-state index in [4.69, 9.17) is 0 Å². The Bertz CT molecular complexity index is 275. The summed E-state index contributed by atoms with van der Waals surface area (Å²) in [7, 11) is 1.98. The maximum Gasteiger partial charge on any atom is 0.225 e. The molecule has 2 heterocycles. The number of nitrogens with zero attached hydrogens (tertiary/aromatic N) is 3. The maximum atomic E-state index is 11.7. The molecular weight excluding hydrogens is 178 g/mol. The van der Waals surface area contributed by atoms with Gasteiger partial charge in [-0.25, -0.2) is 0 Å². The standard InChI is InChI=1S/C10H17N3O/c1-7(2)10(14)13-5-8-4-11-12(3)9(8)6-13/h4,7-9H,5-6H2,1-3H3. The Kier molecular flexibility index (Phi) is 2.21. The zero-order chi connectivity index (χ0) is 10.3. The fraction of sp³-hybridized carbons (Fsp3) is 0.800. The monoisotopic (exact) mass is 195 g/mol. The van der Waals surface area contributed by atoms with Gasteiger partial charge in [0.05, 0.1) is 6.04 Å². The van der Waals surface area contributed by atoms with Crippen LogP contribution in [0.5, 0.6) is 0 Å². The average Bonchev–Trinajstić information content (AvgIpc) is 2.67. The lowest BCUT2D eigenvalue weighted by molar-refractivity contribution is -0.133. The van der Waals surface area contributed by atoms with Crippen molar-refractivity contribution in [3.05, 3.63) is 0 Å². The van der Waals surface area contributed by atoms with Crippen LogP contribution in [0.1, 0.15) is 13.8 Å². The highest BCUT2D eigenvalue weighted by Gasteiger charge is 2.39. The Hall–Kier alpha value is -1.06. The summed E-state index contributed by atoms with van der Waals surface area (Å²) in [6, 6.07) is 0.415. The molecule has 0 aliphatic carbocycles. The summed E-state index contributed by atoms with van der Waals surface area (Å²) in [6.45, 7) is 5.58. The van der Waals surface area contributed by atoms with Crippen LogP contribution in [0, 0.1) is 11.8 Å². The summed E-state index contributed by atoms with van der Waals surface area (Å²) in [5.74, 6) is 0.819. The number of hydrogen-bond acceptors (Lipinski definition) is 3. The van der Waals surface area contributed by atoms with E-state index in [1.165, 1.54) is 0 Å². The second-order valence-corrected chi connectivity index (χ2v) is 4.47. The Balaban J connectivity index is 2.02. The van der Waals surface area contributed by atoms with Gasteiger partial charge in [0.2, 0.25) is 5.91 Å². The number of carbonyl (C=O) groups is 1. The Morgan fingerprint density at radius 1 is 1.50 bits per heavy atom. The van der Waals surface area contributed by atoms with Crippen LogP contribution in [0.2, 0.25) is 0 Å². The van der Waals surface area contributed by atoms with Gasteiger partial charge in [-0.1, -0.05) is 13.8 Å². The molecule has 0 bridgehead atoms. The molecule has 2 rings (SSSR count). The number of amides is 1. The van der Waals surface area contributed by atoms with Crippen LogP contribution < -0.4 is 0 Å². The van der Waals surface area contributed by atoms with Crippen molar-refractivity contribution in [1.29, 1.82) is 0 Å². The van der Waals surface area contributed by atoms with Gasteiger partial charge >= 0.3 is 0 Å². The summed E-state index contributed by atoms with van der Waals surface area (Å²) in [5.41, 5.74) is 0. The van der Waals surface area contributed by atoms with Crippen molar-refractivity contribution < 1.29 is 4.79 Å². The van der Waals surface area contributed by atoms with Gasteiger partial charge in [-0.05, 0) is 0 Å². The van der Waals surface area contributed by atoms with Crippen molar-refractivity contribution in [3.8, 4) is 0 Å². The lowest BCUT2D eigenvalue weighted by Crippen LogP contribution is -2.35. The molecular formula is C10H17N3O. The van der Waals surface area contributed by atoms with Crippen LogP contribution in [0.25, 0.3) is 0 Å². The van der Waals surface area contributed by atoms with Gasteiger partial charge in [-0.15, -0.1) is 0 Å². The van der Waals surface area contributed by atoms with Crippen LogP contribution in [-0.4, -0.2) is 48.2 Å². The lowest BCUT2D eigenvalue weighted by Gasteiger charge is -2.21. The number of rotatable bonds is 1. The molecule has 0 aromatic heterocycles. The first kappa shape index (κ1) is 9.49. The predicted molar refractivity (Wildman–Crippen MR) is 55.0 cm³/mol. The minimum Gasteiger partial charge on any atom is -0.340 e. The number of carbonyl (C=O) groups excluding carboxylic acids is 1. The predicted octanol–water partition coefficient (Wildman–Crippen LogP) is 0.401. The molecule has 0 radical (unpaired) electrons. The SMILES string of the molecule is CC(C)C(=O)N1CC2C=NN(C)C2C1. The second kappa shape index (κ2) is 3.26. The average molecular weight is 195 g/mol. The molecule has 4 heteroatoms. The molecule has 4 nitrogen and oxygen atoms in total. The van der Waals surface area contributed by atoms with E-state index in [2.05, 4.69) is 5.10 Å².